The van der Waals surface area contributed by atoms with Gasteiger partial charge in [0.1, 0.15) is 12.4 Å². The van der Waals surface area contributed by atoms with E-state index in [9.17, 15) is 4.79 Å². The third kappa shape index (κ3) is 4.96. The summed E-state index contributed by atoms with van der Waals surface area (Å²) in [5.74, 6) is 0.755. The SMILES string of the molecule is CC(Br)C(=O)N(C)CCOc1cccc(Cl)c1. The van der Waals surface area contributed by atoms with E-state index in [0.29, 0.717) is 23.9 Å². The van der Waals surface area contributed by atoms with Gasteiger partial charge in [0.2, 0.25) is 5.91 Å². The minimum atomic E-state index is -0.168. The van der Waals surface area contributed by atoms with E-state index in [-0.39, 0.29) is 10.7 Å². The number of halogens is 2. The van der Waals surface area contributed by atoms with Crippen molar-refractivity contribution in [2.24, 2.45) is 0 Å². The summed E-state index contributed by atoms with van der Waals surface area (Å²) in [5, 5.41) is 0.640. The Labute approximate surface area is 115 Å². The van der Waals surface area contributed by atoms with Gasteiger partial charge < -0.3 is 9.64 Å². The third-order valence-electron chi connectivity index (χ3n) is 2.21. The van der Waals surface area contributed by atoms with Crippen LogP contribution in [-0.4, -0.2) is 35.8 Å². The van der Waals surface area contributed by atoms with Gasteiger partial charge in [-0.25, -0.2) is 0 Å². The summed E-state index contributed by atoms with van der Waals surface area (Å²) in [6.07, 6.45) is 0. The first kappa shape index (κ1) is 14.3. The molecule has 0 fully saturated rings. The van der Waals surface area contributed by atoms with Crippen LogP contribution in [0, 0.1) is 0 Å². The van der Waals surface area contributed by atoms with Gasteiger partial charge in [0.05, 0.1) is 11.4 Å². The lowest BCUT2D eigenvalue weighted by Gasteiger charge is -2.18. The molecule has 0 saturated heterocycles. The maximum atomic E-state index is 11.5. The van der Waals surface area contributed by atoms with Gasteiger partial charge >= 0.3 is 0 Å². The average Bonchev–Trinajstić information content (AvgIpc) is 2.27. The van der Waals surface area contributed by atoms with Crippen molar-refractivity contribution in [1.29, 1.82) is 0 Å². The van der Waals surface area contributed by atoms with Crippen molar-refractivity contribution in [1.82, 2.24) is 4.90 Å². The maximum Gasteiger partial charge on any atom is 0.235 e. The third-order valence-corrected chi connectivity index (χ3v) is 2.83. The monoisotopic (exact) mass is 319 g/mol. The normalized spacial score (nSPS) is 12.0. The standard InChI is InChI=1S/C12H15BrClNO2/c1-9(13)12(16)15(2)6-7-17-11-5-3-4-10(14)8-11/h3-5,8-9H,6-7H2,1-2H3. The second-order valence-corrected chi connectivity index (χ2v) is 5.49. The molecule has 0 aromatic heterocycles. The molecule has 1 atom stereocenters. The molecule has 0 aliphatic rings. The molecular formula is C12H15BrClNO2. The van der Waals surface area contributed by atoms with E-state index in [1.54, 1.807) is 31.0 Å². The first-order valence-corrected chi connectivity index (χ1v) is 6.57. The Morgan fingerprint density at radius 2 is 2.29 bits per heavy atom. The van der Waals surface area contributed by atoms with Gasteiger partial charge in [-0.05, 0) is 25.1 Å². The summed E-state index contributed by atoms with van der Waals surface area (Å²) in [5.41, 5.74) is 0. The van der Waals surface area contributed by atoms with Gasteiger partial charge in [-0.3, -0.25) is 4.79 Å². The molecule has 0 heterocycles. The number of likely N-dealkylation sites (N-methyl/N-ethyl adjacent to an activating group) is 1. The van der Waals surface area contributed by atoms with Crippen molar-refractivity contribution < 1.29 is 9.53 Å². The fourth-order valence-corrected chi connectivity index (χ4v) is 1.80. The van der Waals surface area contributed by atoms with E-state index in [1.807, 2.05) is 12.1 Å². The Morgan fingerprint density at radius 1 is 1.59 bits per heavy atom. The van der Waals surface area contributed by atoms with Gasteiger partial charge in [0.15, 0.2) is 0 Å². The first-order chi connectivity index (χ1) is 8.00. The van der Waals surface area contributed by atoms with Crippen molar-refractivity contribution in [2.45, 2.75) is 11.8 Å². The van der Waals surface area contributed by atoms with Gasteiger partial charge in [0.25, 0.3) is 0 Å². The Morgan fingerprint density at radius 3 is 2.88 bits per heavy atom. The van der Waals surface area contributed by atoms with Gasteiger partial charge in [0, 0.05) is 12.1 Å². The fraction of sp³-hybridized carbons (Fsp3) is 0.417. The van der Waals surface area contributed by atoms with Crippen LogP contribution in [0.15, 0.2) is 24.3 Å². The summed E-state index contributed by atoms with van der Waals surface area (Å²) in [6.45, 7) is 2.79. The molecule has 0 aliphatic heterocycles. The highest BCUT2D eigenvalue weighted by molar-refractivity contribution is 9.10. The zero-order valence-electron chi connectivity index (χ0n) is 9.82. The summed E-state index contributed by atoms with van der Waals surface area (Å²) in [7, 11) is 1.75. The number of benzene rings is 1. The highest BCUT2D eigenvalue weighted by Crippen LogP contribution is 2.16. The predicted octanol–water partition coefficient (Wildman–Crippen LogP) is 2.96. The summed E-state index contributed by atoms with van der Waals surface area (Å²) >= 11 is 9.06. The lowest BCUT2D eigenvalue weighted by atomic mass is 10.3. The summed E-state index contributed by atoms with van der Waals surface area (Å²) < 4.78 is 5.49. The van der Waals surface area contributed by atoms with Gasteiger partial charge in [-0.1, -0.05) is 33.6 Å². The van der Waals surface area contributed by atoms with E-state index in [1.165, 1.54) is 0 Å². The van der Waals surface area contributed by atoms with E-state index in [4.69, 9.17) is 16.3 Å². The Kier molecular flexibility index (Phi) is 5.78. The van der Waals surface area contributed by atoms with Crippen molar-refractivity contribution in [2.75, 3.05) is 20.2 Å². The molecule has 17 heavy (non-hydrogen) atoms. The topological polar surface area (TPSA) is 29.5 Å². The van der Waals surface area contributed by atoms with Gasteiger partial charge in [-0.15, -0.1) is 0 Å². The molecular weight excluding hydrogens is 305 g/mol. The van der Waals surface area contributed by atoms with Crippen molar-refractivity contribution in [3.63, 3.8) is 0 Å². The number of nitrogens with zero attached hydrogens (tertiary/aromatic N) is 1. The number of ether oxygens (including phenoxy) is 1. The quantitative estimate of drug-likeness (QED) is 0.781. The number of hydrogen-bond acceptors (Lipinski definition) is 2. The highest BCUT2D eigenvalue weighted by atomic mass is 79.9. The van der Waals surface area contributed by atoms with E-state index < -0.39 is 0 Å². The minimum absolute atomic E-state index is 0.0414. The molecule has 3 nitrogen and oxygen atoms in total. The summed E-state index contributed by atoms with van der Waals surface area (Å²) in [6, 6.07) is 7.20. The molecule has 1 unspecified atom stereocenters. The molecule has 0 aliphatic carbocycles. The second-order valence-electron chi connectivity index (χ2n) is 3.68. The second kappa shape index (κ2) is 6.87. The average molecular weight is 321 g/mol. The smallest absolute Gasteiger partial charge is 0.235 e. The Hall–Kier alpha value is -0.740. The first-order valence-electron chi connectivity index (χ1n) is 5.28. The molecule has 1 aromatic rings. The van der Waals surface area contributed by atoms with Crippen LogP contribution in [-0.2, 0) is 4.79 Å². The predicted molar refractivity (Wildman–Crippen MR) is 73.0 cm³/mol. The highest BCUT2D eigenvalue weighted by Gasteiger charge is 2.13. The minimum Gasteiger partial charge on any atom is -0.492 e. The number of carbonyl (C=O) groups is 1. The molecule has 0 bridgehead atoms. The van der Waals surface area contributed by atoms with Crippen LogP contribution in [0.4, 0.5) is 0 Å². The molecule has 0 saturated carbocycles. The van der Waals surface area contributed by atoms with Crippen molar-refractivity contribution in [3.05, 3.63) is 29.3 Å². The fourth-order valence-electron chi connectivity index (χ4n) is 1.27. The van der Waals surface area contributed by atoms with Crippen molar-refractivity contribution >= 4 is 33.4 Å². The molecule has 0 spiro atoms. The van der Waals surface area contributed by atoms with Crippen LogP contribution in [0.25, 0.3) is 0 Å². The van der Waals surface area contributed by atoms with Crippen LogP contribution in [0.5, 0.6) is 5.75 Å². The van der Waals surface area contributed by atoms with E-state index >= 15 is 0 Å². The van der Waals surface area contributed by atoms with Crippen molar-refractivity contribution in [3.8, 4) is 5.75 Å². The Balaban J connectivity index is 2.35. The Bertz CT molecular complexity index is 385. The number of amides is 1. The molecule has 1 aromatic carbocycles. The number of rotatable bonds is 5. The molecule has 1 rings (SSSR count). The number of carbonyl (C=O) groups excluding carboxylic acids is 1. The lowest BCUT2D eigenvalue weighted by molar-refractivity contribution is -0.129. The largest absolute Gasteiger partial charge is 0.492 e. The zero-order valence-corrected chi connectivity index (χ0v) is 12.2. The lowest BCUT2D eigenvalue weighted by Crippen LogP contribution is -2.35. The molecule has 0 N–H and O–H groups in total. The number of alkyl halides is 1. The van der Waals surface area contributed by atoms with Crippen LogP contribution in [0.2, 0.25) is 5.02 Å². The van der Waals surface area contributed by atoms with Crippen LogP contribution in [0.1, 0.15) is 6.92 Å². The van der Waals surface area contributed by atoms with E-state index in [0.717, 1.165) is 0 Å². The van der Waals surface area contributed by atoms with Gasteiger partial charge in [-0.2, -0.15) is 0 Å². The summed E-state index contributed by atoms with van der Waals surface area (Å²) in [4.78, 5) is 13.0. The van der Waals surface area contributed by atoms with Crippen LogP contribution < -0.4 is 4.74 Å². The number of hydrogen-bond donors (Lipinski definition) is 0. The van der Waals surface area contributed by atoms with Crippen LogP contribution in [0.3, 0.4) is 0 Å². The maximum absolute atomic E-state index is 11.5. The molecule has 94 valence electrons. The van der Waals surface area contributed by atoms with E-state index in [2.05, 4.69) is 15.9 Å². The molecule has 0 radical (unpaired) electrons. The van der Waals surface area contributed by atoms with Crippen LogP contribution >= 0.6 is 27.5 Å². The zero-order chi connectivity index (χ0) is 12.8. The molecule has 1 amide bonds. The molecule has 5 heteroatoms.